The summed E-state index contributed by atoms with van der Waals surface area (Å²) in [7, 11) is 0. The van der Waals surface area contributed by atoms with Crippen molar-refractivity contribution in [2.24, 2.45) is 0 Å². The molecule has 30 heavy (non-hydrogen) atoms. The molecule has 2 aromatic carbocycles. The van der Waals surface area contributed by atoms with Crippen LogP contribution in [0.2, 0.25) is 0 Å². The highest BCUT2D eigenvalue weighted by molar-refractivity contribution is 5.78. The minimum absolute atomic E-state index is 0.0662. The molecule has 2 heterocycles. The first kappa shape index (κ1) is 20.5. The summed E-state index contributed by atoms with van der Waals surface area (Å²) in [5.74, 6) is 0.0662. The van der Waals surface area contributed by atoms with E-state index >= 15 is 0 Å². The standard InChI is InChI=1S/C24H28N4O2/c25-12-20-8-6-19(7-9-20)10-11-27-14-22-16-28(17-23(15-27)30-22)18-24(29)26-13-21-4-2-1-3-5-21/h1-9,22-23H,10-11,13-18H2,(H,26,29). The zero-order valence-electron chi connectivity index (χ0n) is 17.2. The van der Waals surface area contributed by atoms with Crippen molar-refractivity contribution < 1.29 is 9.53 Å². The van der Waals surface area contributed by atoms with Gasteiger partial charge < -0.3 is 10.1 Å². The van der Waals surface area contributed by atoms with Crippen molar-refractivity contribution in [3.05, 3.63) is 71.3 Å². The Bertz CT molecular complexity index is 864. The number of fused-ring (bicyclic) bond motifs is 2. The molecule has 2 bridgehead atoms. The molecule has 1 amide bonds. The van der Waals surface area contributed by atoms with E-state index in [4.69, 9.17) is 10.00 Å². The molecule has 0 spiro atoms. The Labute approximate surface area is 178 Å². The summed E-state index contributed by atoms with van der Waals surface area (Å²) < 4.78 is 6.12. The topological polar surface area (TPSA) is 68.6 Å². The summed E-state index contributed by atoms with van der Waals surface area (Å²) in [6.45, 7) is 5.36. The molecule has 2 aliphatic heterocycles. The van der Waals surface area contributed by atoms with E-state index in [2.05, 4.69) is 21.2 Å². The van der Waals surface area contributed by atoms with Crippen molar-refractivity contribution in [1.82, 2.24) is 15.1 Å². The highest BCUT2D eigenvalue weighted by atomic mass is 16.5. The molecule has 2 saturated heterocycles. The number of carbonyl (C=O) groups is 1. The van der Waals surface area contributed by atoms with Gasteiger partial charge in [0.25, 0.3) is 0 Å². The Balaban J connectivity index is 1.20. The lowest BCUT2D eigenvalue weighted by Gasteiger charge is -2.45. The number of carbonyl (C=O) groups excluding carboxylic acids is 1. The molecular formula is C24H28N4O2. The minimum atomic E-state index is 0.0662. The van der Waals surface area contributed by atoms with Gasteiger partial charge in [0.05, 0.1) is 30.4 Å². The number of nitriles is 1. The van der Waals surface area contributed by atoms with Crippen molar-refractivity contribution in [2.75, 3.05) is 39.3 Å². The molecule has 0 saturated carbocycles. The summed E-state index contributed by atoms with van der Waals surface area (Å²) >= 11 is 0. The van der Waals surface area contributed by atoms with Crippen LogP contribution in [-0.4, -0.2) is 67.2 Å². The van der Waals surface area contributed by atoms with Gasteiger partial charge in [0.2, 0.25) is 5.91 Å². The highest BCUT2D eigenvalue weighted by Crippen LogP contribution is 2.19. The molecule has 6 nitrogen and oxygen atoms in total. The number of nitrogens with one attached hydrogen (secondary N) is 1. The van der Waals surface area contributed by atoms with Crippen LogP contribution in [0.1, 0.15) is 16.7 Å². The Kier molecular flexibility index (Phi) is 6.75. The zero-order valence-corrected chi connectivity index (χ0v) is 17.2. The monoisotopic (exact) mass is 404 g/mol. The van der Waals surface area contributed by atoms with Gasteiger partial charge in [0.15, 0.2) is 0 Å². The summed E-state index contributed by atoms with van der Waals surface area (Å²) in [6, 6.07) is 20.0. The van der Waals surface area contributed by atoms with E-state index in [1.807, 2.05) is 54.6 Å². The molecule has 2 fully saturated rings. The number of rotatable bonds is 7. The van der Waals surface area contributed by atoms with Gasteiger partial charge in [-0.3, -0.25) is 14.6 Å². The number of hydrogen-bond donors (Lipinski definition) is 1. The van der Waals surface area contributed by atoms with E-state index in [-0.39, 0.29) is 18.1 Å². The van der Waals surface area contributed by atoms with Crippen LogP contribution in [0.4, 0.5) is 0 Å². The molecule has 2 aliphatic rings. The SMILES string of the molecule is N#Cc1ccc(CCN2CC3CN(CC(=O)NCc4ccccc4)CC(C2)O3)cc1. The number of nitrogens with zero attached hydrogens (tertiary/aromatic N) is 3. The summed E-state index contributed by atoms with van der Waals surface area (Å²) in [5, 5.41) is 11.9. The fourth-order valence-corrected chi connectivity index (χ4v) is 4.26. The maximum atomic E-state index is 12.3. The van der Waals surface area contributed by atoms with Gasteiger partial charge in [-0.15, -0.1) is 0 Å². The lowest BCUT2D eigenvalue weighted by atomic mass is 10.1. The van der Waals surface area contributed by atoms with Gasteiger partial charge in [-0.05, 0) is 29.7 Å². The molecule has 0 radical (unpaired) electrons. The number of amides is 1. The maximum absolute atomic E-state index is 12.3. The van der Waals surface area contributed by atoms with Crippen molar-refractivity contribution in [1.29, 1.82) is 5.26 Å². The minimum Gasteiger partial charge on any atom is -0.370 e. The van der Waals surface area contributed by atoms with Crippen LogP contribution in [0.5, 0.6) is 0 Å². The lowest BCUT2D eigenvalue weighted by molar-refractivity contribution is -0.144. The van der Waals surface area contributed by atoms with Gasteiger partial charge in [-0.2, -0.15) is 5.26 Å². The fourth-order valence-electron chi connectivity index (χ4n) is 4.26. The van der Waals surface area contributed by atoms with E-state index in [9.17, 15) is 4.79 Å². The second kappa shape index (κ2) is 9.86. The molecular weight excluding hydrogens is 376 g/mol. The Hall–Kier alpha value is -2.72. The van der Waals surface area contributed by atoms with Crippen molar-refractivity contribution >= 4 is 5.91 Å². The first-order valence-electron chi connectivity index (χ1n) is 10.6. The predicted octanol–water partition coefficient (Wildman–Crippen LogP) is 1.80. The van der Waals surface area contributed by atoms with Crippen molar-refractivity contribution in [2.45, 2.75) is 25.2 Å². The number of morpholine rings is 2. The van der Waals surface area contributed by atoms with Gasteiger partial charge in [-0.1, -0.05) is 42.5 Å². The molecule has 156 valence electrons. The molecule has 0 aliphatic carbocycles. The Morgan fingerprint density at radius 2 is 1.63 bits per heavy atom. The second-order valence-electron chi connectivity index (χ2n) is 8.15. The quantitative estimate of drug-likeness (QED) is 0.762. The van der Waals surface area contributed by atoms with E-state index < -0.39 is 0 Å². The molecule has 1 N–H and O–H groups in total. The van der Waals surface area contributed by atoms with E-state index in [0.717, 1.165) is 44.7 Å². The van der Waals surface area contributed by atoms with Gasteiger partial charge in [0, 0.05) is 39.3 Å². The van der Waals surface area contributed by atoms with Crippen LogP contribution in [-0.2, 0) is 22.5 Å². The van der Waals surface area contributed by atoms with Crippen LogP contribution in [0.3, 0.4) is 0 Å². The fraction of sp³-hybridized carbons (Fsp3) is 0.417. The summed E-state index contributed by atoms with van der Waals surface area (Å²) in [4.78, 5) is 17.0. The molecule has 6 heteroatoms. The molecule has 2 aromatic rings. The van der Waals surface area contributed by atoms with Crippen LogP contribution in [0, 0.1) is 11.3 Å². The van der Waals surface area contributed by atoms with E-state index in [0.29, 0.717) is 18.7 Å². The van der Waals surface area contributed by atoms with Crippen LogP contribution in [0.15, 0.2) is 54.6 Å². The third-order valence-electron chi connectivity index (χ3n) is 5.73. The smallest absolute Gasteiger partial charge is 0.234 e. The molecule has 0 aromatic heterocycles. The Morgan fingerprint density at radius 3 is 2.30 bits per heavy atom. The summed E-state index contributed by atoms with van der Waals surface area (Å²) in [5.41, 5.74) is 3.07. The van der Waals surface area contributed by atoms with Crippen LogP contribution >= 0.6 is 0 Å². The molecule has 2 unspecified atom stereocenters. The normalized spacial score (nSPS) is 21.7. The van der Waals surface area contributed by atoms with Crippen LogP contribution in [0.25, 0.3) is 0 Å². The van der Waals surface area contributed by atoms with Crippen LogP contribution < -0.4 is 5.32 Å². The molecule has 4 rings (SSSR count). The second-order valence-corrected chi connectivity index (χ2v) is 8.15. The largest absolute Gasteiger partial charge is 0.370 e. The van der Waals surface area contributed by atoms with Gasteiger partial charge in [0.1, 0.15) is 0 Å². The summed E-state index contributed by atoms with van der Waals surface area (Å²) in [6.07, 6.45) is 1.28. The van der Waals surface area contributed by atoms with E-state index in [1.165, 1.54) is 5.56 Å². The first-order chi connectivity index (χ1) is 14.7. The van der Waals surface area contributed by atoms with Crippen molar-refractivity contribution in [3.8, 4) is 6.07 Å². The predicted molar refractivity (Wildman–Crippen MR) is 115 cm³/mol. The average Bonchev–Trinajstić information content (AvgIpc) is 2.77. The number of hydrogen-bond acceptors (Lipinski definition) is 5. The first-order valence-corrected chi connectivity index (χ1v) is 10.6. The lowest BCUT2D eigenvalue weighted by Crippen LogP contribution is -2.60. The maximum Gasteiger partial charge on any atom is 0.234 e. The van der Waals surface area contributed by atoms with Crippen molar-refractivity contribution in [3.63, 3.8) is 0 Å². The van der Waals surface area contributed by atoms with Gasteiger partial charge >= 0.3 is 0 Å². The number of ether oxygens (including phenoxy) is 1. The Morgan fingerprint density at radius 1 is 0.967 bits per heavy atom. The average molecular weight is 405 g/mol. The molecule has 2 atom stereocenters. The zero-order chi connectivity index (χ0) is 20.8. The highest BCUT2D eigenvalue weighted by Gasteiger charge is 2.35. The number of benzene rings is 2. The van der Waals surface area contributed by atoms with E-state index in [1.54, 1.807) is 0 Å². The third kappa shape index (κ3) is 5.67. The third-order valence-corrected chi connectivity index (χ3v) is 5.73. The van der Waals surface area contributed by atoms with Gasteiger partial charge in [-0.25, -0.2) is 0 Å².